The molecule has 0 bridgehead atoms. The van der Waals surface area contributed by atoms with E-state index in [9.17, 15) is 10.1 Å². The van der Waals surface area contributed by atoms with Gasteiger partial charge in [-0.05, 0) is 26.0 Å². The summed E-state index contributed by atoms with van der Waals surface area (Å²) in [5.74, 6) is 0.602. The van der Waals surface area contributed by atoms with E-state index in [4.69, 9.17) is 10.5 Å². The Morgan fingerprint density at radius 2 is 2.15 bits per heavy atom. The first-order valence-electron chi connectivity index (χ1n) is 6.01. The lowest BCUT2D eigenvalue weighted by Crippen LogP contribution is -2.05. The van der Waals surface area contributed by atoms with Crippen molar-refractivity contribution < 1.29 is 9.66 Å². The second kappa shape index (κ2) is 5.52. The number of hydrogen-bond donors (Lipinski definition) is 1. The van der Waals surface area contributed by atoms with Crippen LogP contribution in [0.1, 0.15) is 13.8 Å². The molecule has 0 aliphatic heterocycles. The predicted molar refractivity (Wildman–Crippen MR) is 74.3 cm³/mol. The second-order valence-corrected chi connectivity index (χ2v) is 4.41. The third-order valence-electron chi connectivity index (χ3n) is 2.46. The van der Waals surface area contributed by atoms with Gasteiger partial charge in [-0.15, -0.1) is 0 Å². The number of ether oxygens (including phenoxy) is 1. The smallest absolute Gasteiger partial charge is 0.313 e. The highest BCUT2D eigenvalue weighted by Gasteiger charge is 2.18. The Balaban J connectivity index is 2.50. The van der Waals surface area contributed by atoms with E-state index < -0.39 is 4.92 Å². The van der Waals surface area contributed by atoms with Crippen LogP contribution >= 0.6 is 0 Å². The van der Waals surface area contributed by atoms with Crippen LogP contribution in [0.4, 0.5) is 11.6 Å². The van der Waals surface area contributed by atoms with Crippen molar-refractivity contribution in [3.05, 3.63) is 40.6 Å². The van der Waals surface area contributed by atoms with Crippen molar-refractivity contribution in [2.75, 3.05) is 5.73 Å². The summed E-state index contributed by atoms with van der Waals surface area (Å²) in [6.07, 6.45) is 1.11. The van der Waals surface area contributed by atoms with Gasteiger partial charge >= 0.3 is 5.69 Å². The highest BCUT2D eigenvalue weighted by molar-refractivity contribution is 5.70. The number of nitrogen functional groups attached to an aromatic ring is 1. The molecule has 0 fully saturated rings. The van der Waals surface area contributed by atoms with Crippen molar-refractivity contribution >= 4 is 11.6 Å². The molecule has 0 spiro atoms. The fourth-order valence-corrected chi connectivity index (χ4v) is 1.72. The van der Waals surface area contributed by atoms with Crippen molar-refractivity contribution in [1.29, 1.82) is 0 Å². The summed E-state index contributed by atoms with van der Waals surface area (Å²) in [5, 5.41) is 11.0. The number of nitro groups is 1. The first-order chi connectivity index (χ1) is 9.47. The third-order valence-corrected chi connectivity index (χ3v) is 2.46. The monoisotopic (exact) mass is 274 g/mol. The zero-order valence-electron chi connectivity index (χ0n) is 11.1. The van der Waals surface area contributed by atoms with Crippen molar-refractivity contribution in [3.8, 4) is 17.0 Å². The molecule has 0 saturated carbocycles. The molecule has 1 aromatic heterocycles. The second-order valence-electron chi connectivity index (χ2n) is 4.41. The molecule has 2 rings (SSSR count). The van der Waals surface area contributed by atoms with Gasteiger partial charge in [0.05, 0.1) is 11.0 Å². The van der Waals surface area contributed by atoms with Crippen LogP contribution in [0.5, 0.6) is 5.75 Å². The van der Waals surface area contributed by atoms with E-state index in [2.05, 4.69) is 9.97 Å². The molecular formula is C13H14N4O3. The summed E-state index contributed by atoms with van der Waals surface area (Å²) >= 11 is 0. The normalized spacial score (nSPS) is 10.6. The molecule has 2 aromatic rings. The van der Waals surface area contributed by atoms with Crippen molar-refractivity contribution in [2.45, 2.75) is 20.0 Å². The summed E-state index contributed by atoms with van der Waals surface area (Å²) in [5.41, 5.74) is 6.05. The average Bonchev–Trinajstić information content (AvgIpc) is 2.37. The lowest BCUT2D eigenvalue weighted by Gasteiger charge is -2.10. The van der Waals surface area contributed by atoms with E-state index in [1.807, 2.05) is 13.8 Å². The average molecular weight is 274 g/mol. The third kappa shape index (κ3) is 3.00. The lowest BCUT2D eigenvalue weighted by atomic mass is 10.1. The van der Waals surface area contributed by atoms with E-state index >= 15 is 0 Å². The maximum absolute atomic E-state index is 11.0. The van der Waals surface area contributed by atoms with Crippen LogP contribution in [0.15, 0.2) is 30.5 Å². The number of rotatable bonds is 4. The van der Waals surface area contributed by atoms with Gasteiger partial charge in [0.25, 0.3) is 0 Å². The summed E-state index contributed by atoms with van der Waals surface area (Å²) in [4.78, 5) is 18.1. The maximum Gasteiger partial charge on any atom is 0.313 e. The lowest BCUT2D eigenvalue weighted by molar-refractivity contribution is -0.384. The van der Waals surface area contributed by atoms with Crippen molar-refractivity contribution in [1.82, 2.24) is 9.97 Å². The molecule has 104 valence electrons. The number of hydrogen-bond acceptors (Lipinski definition) is 6. The summed E-state index contributed by atoms with van der Waals surface area (Å²) < 4.78 is 5.56. The van der Waals surface area contributed by atoms with Gasteiger partial charge in [0.1, 0.15) is 11.9 Å². The standard InChI is InChI=1S/C13H14N4O3/c1-8(2)20-10-5-3-4-9(6-10)12-11(17(18)19)7-15-13(14)16-12/h3-8H,1-2H3,(H2,14,15,16). The molecule has 1 aromatic carbocycles. The Hall–Kier alpha value is -2.70. The highest BCUT2D eigenvalue weighted by atomic mass is 16.6. The zero-order valence-corrected chi connectivity index (χ0v) is 11.1. The Morgan fingerprint density at radius 3 is 2.80 bits per heavy atom. The summed E-state index contributed by atoms with van der Waals surface area (Å²) in [6, 6.07) is 6.92. The van der Waals surface area contributed by atoms with Gasteiger partial charge in [0.2, 0.25) is 5.95 Å². The minimum atomic E-state index is -0.537. The van der Waals surface area contributed by atoms with Gasteiger partial charge < -0.3 is 10.5 Å². The quantitative estimate of drug-likeness (QED) is 0.678. The van der Waals surface area contributed by atoms with Crippen LogP contribution in [0.25, 0.3) is 11.3 Å². The van der Waals surface area contributed by atoms with Gasteiger partial charge in [0.15, 0.2) is 5.69 Å². The molecule has 0 aliphatic carbocycles. The maximum atomic E-state index is 11.0. The first kappa shape index (κ1) is 13.7. The molecule has 7 nitrogen and oxygen atoms in total. The van der Waals surface area contributed by atoms with Crippen LogP contribution in [0.3, 0.4) is 0 Å². The number of aromatic nitrogens is 2. The van der Waals surface area contributed by atoms with E-state index in [1.165, 1.54) is 0 Å². The molecule has 0 unspecified atom stereocenters. The molecule has 7 heteroatoms. The Labute approximate surface area is 115 Å². The van der Waals surface area contributed by atoms with Crippen LogP contribution in [0, 0.1) is 10.1 Å². The van der Waals surface area contributed by atoms with E-state index in [0.29, 0.717) is 11.3 Å². The molecule has 0 atom stereocenters. The number of benzene rings is 1. The van der Waals surface area contributed by atoms with Gasteiger partial charge in [-0.3, -0.25) is 10.1 Å². The number of nitrogens with two attached hydrogens (primary N) is 1. The molecule has 0 radical (unpaired) electrons. The zero-order chi connectivity index (χ0) is 14.7. The molecule has 0 amide bonds. The summed E-state index contributed by atoms with van der Waals surface area (Å²) in [6.45, 7) is 3.80. The molecule has 2 N–H and O–H groups in total. The number of anilines is 1. The Bertz CT molecular complexity index is 643. The summed E-state index contributed by atoms with van der Waals surface area (Å²) in [7, 11) is 0. The fourth-order valence-electron chi connectivity index (χ4n) is 1.72. The molecule has 1 heterocycles. The van der Waals surface area contributed by atoms with Gasteiger partial charge in [-0.1, -0.05) is 12.1 Å². The van der Waals surface area contributed by atoms with Crippen molar-refractivity contribution in [3.63, 3.8) is 0 Å². The minimum absolute atomic E-state index is 0.00991. The fraction of sp³-hybridized carbons (Fsp3) is 0.231. The Morgan fingerprint density at radius 1 is 1.40 bits per heavy atom. The molecule has 20 heavy (non-hydrogen) atoms. The van der Waals surface area contributed by atoms with Gasteiger partial charge in [0, 0.05) is 5.56 Å². The topological polar surface area (TPSA) is 104 Å². The number of nitrogens with zero attached hydrogens (tertiary/aromatic N) is 3. The predicted octanol–water partition coefficient (Wildman–Crippen LogP) is 2.42. The minimum Gasteiger partial charge on any atom is -0.491 e. The first-order valence-corrected chi connectivity index (χ1v) is 6.01. The molecule has 0 saturated heterocycles. The van der Waals surface area contributed by atoms with Crippen LogP contribution in [0.2, 0.25) is 0 Å². The van der Waals surface area contributed by atoms with E-state index in [-0.39, 0.29) is 23.4 Å². The van der Waals surface area contributed by atoms with Crippen LogP contribution < -0.4 is 10.5 Å². The van der Waals surface area contributed by atoms with Gasteiger partial charge in [-0.2, -0.15) is 0 Å². The van der Waals surface area contributed by atoms with Gasteiger partial charge in [-0.25, -0.2) is 9.97 Å². The Kier molecular flexibility index (Phi) is 3.79. The van der Waals surface area contributed by atoms with Crippen molar-refractivity contribution in [2.24, 2.45) is 0 Å². The molecular weight excluding hydrogens is 260 g/mol. The van der Waals surface area contributed by atoms with Crippen LogP contribution in [-0.2, 0) is 0 Å². The van der Waals surface area contributed by atoms with E-state index in [1.54, 1.807) is 24.3 Å². The molecule has 0 aliphatic rings. The SMILES string of the molecule is CC(C)Oc1cccc(-c2nc(N)ncc2[N+](=O)[O-])c1. The highest BCUT2D eigenvalue weighted by Crippen LogP contribution is 2.30. The van der Waals surface area contributed by atoms with E-state index in [0.717, 1.165) is 6.20 Å². The van der Waals surface area contributed by atoms with Crippen LogP contribution in [-0.4, -0.2) is 21.0 Å². The largest absolute Gasteiger partial charge is 0.491 e.